The van der Waals surface area contributed by atoms with Gasteiger partial charge in [-0.05, 0) is 36.0 Å². The second-order valence-corrected chi connectivity index (χ2v) is 4.61. The fourth-order valence-corrected chi connectivity index (χ4v) is 2.17. The van der Waals surface area contributed by atoms with E-state index in [1.807, 2.05) is 12.1 Å². The quantitative estimate of drug-likeness (QED) is 0.598. The summed E-state index contributed by atoms with van der Waals surface area (Å²) in [6.45, 7) is 10.7. The van der Waals surface area contributed by atoms with Crippen LogP contribution in [0.2, 0.25) is 0 Å². The minimum absolute atomic E-state index is 0.351. The molecule has 0 aromatic heterocycles. The second-order valence-electron chi connectivity index (χ2n) is 4.61. The minimum atomic E-state index is 0.351. The Morgan fingerprint density at radius 3 is 1.93 bits per heavy atom. The van der Waals surface area contributed by atoms with Crippen molar-refractivity contribution < 1.29 is 10.1 Å². The Balaban J connectivity index is 3.44. The number of hydrogen-bond acceptors (Lipinski definition) is 2. The van der Waals surface area contributed by atoms with E-state index in [9.17, 15) is 0 Å². The molecule has 2 heteroatoms. The maximum Gasteiger partial charge on any atom is 0.168 e. The van der Waals surface area contributed by atoms with Gasteiger partial charge in [0.2, 0.25) is 0 Å². The molecule has 0 saturated carbocycles. The molecule has 1 N–H and O–H groups in total. The van der Waals surface area contributed by atoms with Gasteiger partial charge in [-0.2, -0.15) is 0 Å². The first-order valence-electron chi connectivity index (χ1n) is 5.43. The van der Waals surface area contributed by atoms with Crippen LogP contribution in [0.15, 0.2) is 12.1 Å². The van der Waals surface area contributed by atoms with Crippen LogP contribution < -0.4 is 4.89 Å². The molecule has 0 aliphatic heterocycles. The van der Waals surface area contributed by atoms with Crippen LogP contribution in [0, 0.1) is 6.92 Å². The first kappa shape index (κ1) is 12.1. The highest BCUT2D eigenvalue weighted by atomic mass is 17.1. The van der Waals surface area contributed by atoms with Gasteiger partial charge in [0.1, 0.15) is 0 Å². The van der Waals surface area contributed by atoms with E-state index in [2.05, 4.69) is 39.5 Å². The van der Waals surface area contributed by atoms with Crippen LogP contribution in [0.5, 0.6) is 5.75 Å². The maximum atomic E-state index is 8.86. The second kappa shape index (κ2) is 4.67. The molecule has 2 nitrogen and oxygen atoms in total. The van der Waals surface area contributed by atoms with E-state index in [-0.39, 0.29) is 0 Å². The number of rotatable bonds is 3. The Morgan fingerprint density at radius 2 is 1.53 bits per heavy atom. The Labute approximate surface area is 91.8 Å². The van der Waals surface area contributed by atoms with Crippen molar-refractivity contribution in [2.24, 2.45) is 0 Å². The number of benzene rings is 1. The Bertz CT molecular complexity index is 341. The topological polar surface area (TPSA) is 29.5 Å². The monoisotopic (exact) mass is 208 g/mol. The smallest absolute Gasteiger partial charge is 0.168 e. The average Bonchev–Trinajstić information content (AvgIpc) is 2.16. The van der Waals surface area contributed by atoms with E-state index in [4.69, 9.17) is 5.26 Å². The molecule has 84 valence electrons. The molecule has 0 aliphatic rings. The zero-order valence-corrected chi connectivity index (χ0v) is 10.2. The fourth-order valence-electron chi connectivity index (χ4n) is 2.17. The van der Waals surface area contributed by atoms with Crippen molar-refractivity contribution in [1.82, 2.24) is 0 Å². The fraction of sp³-hybridized carbons (Fsp3) is 0.538. The van der Waals surface area contributed by atoms with Gasteiger partial charge >= 0.3 is 0 Å². The molecule has 0 heterocycles. The lowest BCUT2D eigenvalue weighted by Gasteiger charge is -2.20. The third-order valence-corrected chi connectivity index (χ3v) is 2.72. The summed E-state index contributed by atoms with van der Waals surface area (Å²) in [4.78, 5) is 4.45. The summed E-state index contributed by atoms with van der Waals surface area (Å²) < 4.78 is 0. The van der Waals surface area contributed by atoms with Crippen molar-refractivity contribution in [3.8, 4) is 5.75 Å². The van der Waals surface area contributed by atoms with E-state index in [1.165, 1.54) is 11.1 Å². The molecular weight excluding hydrogens is 188 g/mol. The van der Waals surface area contributed by atoms with Crippen LogP contribution in [0.4, 0.5) is 0 Å². The van der Waals surface area contributed by atoms with Gasteiger partial charge in [-0.15, -0.1) is 0 Å². The Morgan fingerprint density at radius 1 is 1.00 bits per heavy atom. The predicted octanol–water partition coefficient (Wildman–Crippen LogP) is 4.09. The lowest BCUT2D eigenvalue weighted by Crippen LogP contribution is -2.04. The molecule has 0 fully saturated rings. The van der Waals surface area contributed by atoms with E-state index in [1.54, 1.807) is 0 Å². The number of hydrogen-bond donors (Lipinski definition) is 1. The van der Waals surface area contributed by atoms with Gasteiger partial charge in [0.25, 0.3) is 0 Å². The largest absolute Gasteiger partial charge is 0.340 e. The van der Waals surface area contributed by atoms with Crippen LogP contribution in [-0.2, 0) is 0 Å². The molecule has 1 aromatic carbocycles. The zero-order valence-electron chi connectivity index (χ0n) is 10.2. The van der Waals surface area contributed by atoms with Crippen molar-refractivity contribution in [1.29, 1.82) is 0 Å². The highest BCUT2D eigenvalue weighted by molar-refractivity contribution is 5.47. The highest BCUT2D eigenvalue weighted by Crippen LogP contribution is 2.35. The van der Waals surface area contributed by atoms with E-state index in [0.29, 0.717) is 17.6 Å². The summed E-state index contributed by atoms with van der Waals surface area (Å²) in [6, 6.07) is 3.82. The van der Waals surface area contributed by atoms with Gasteiger partial charge in [0.15, 0.2) is 5.75 Å². The number of aryl methyl sites for hydroxylation is 1. The van der Waals surface area contributed by atoms with Gasteiger partial charge in [0.05, 0.1) is 0 Å². The molecule has 0 bridgehead atoms. The maximum absolute atomic E-state index is 8.86. The third-order valence-electron chi connectivity index (χ3n) is 2.72. The van der Waals surface area contributed by atoms with E-state index in [0.717, 1.165) is 5.56 Å². The molecule has 0 atom stereocenters. The molecule has 1 rings (SSSR count). The molecule has 0 amide bonds. The summed E-state index contributed by atoms with van der Waals surface area (Å²) >= 11 is 0. The molecule has 0 saturated heterocycles. The van der Waals surface area contributed by atoms with E-state index < -0.39 is 0 Å². The summed E-state index contributed by atoms with van der Waals surface area (Å²) in [6.07, 6.45) is 0. The van der Waals surface area contributed by atoms with Gasteiger partial charge in [-0.25, -0.2) is 5.26 Å². The lowest BCUT2D eigenvalue weighted by molar-refractivity contribution is -0.138. The molecular formula is C13H20O2. The van der Waals surface area contributed by atoms with Crippen molar-refractivity contribution in [2.45, 2.75) is 46.5 Å². The minimum Gasteiger partial charge on any atom is -0.340 e. The molecule has 0 spiro atoms. The average molecular weight is 208 g/mol. The molecule has 0 aliphatic carbocycles. The zero-order chi connectivity index (χ0) is 11.6. The lowest BCUT2D eigenvalue weighted by atomic mass is 9.87. The summed E-state index contributed by atoms with van der Waals surface area (Å²) in [5.74, 6) is 1.38. The van der Waals surface area contributed by atoms with Crippen LogP contribution in [0.3, 0.4) is 0 Å². The Hall–Kier alpha value is -1.02. The summed E-state index contributed by atoms with van der Waals surface area (Å²) in [5.41, 5.74) is 3.67. The van der Waals surface area contributed by atoms with Crippen molar-refractivity contribution in [3.05, 3.63) is 28.8 Å². The van der Waals surface area contributed by atoms with Gasteiger partial charge in [0, 0.05) is 5.56 Å². The predicted molar refractivity (Wildman–Crippen MR) is 62.6 cm³/mol. The van der Waals surface area contributed by atoms with Crippen molar-refractivity contribution >= 4 is 0 Å². The normalized spacial score (nSPS) is 11.2. The first-order valence-corrected chi connectivity index (χ1v) is 5.43. The van der Waals surface area contributed by atoms with Crippen LogP contribution >= 0.6 is 0 Å². The van der Waals surface area contributed by atoms with Crippen molar-refractivity contribution in [2.75, 3.05) is 0 Å². The summed E-state index contributed by atoms with van der Waals surface area (Å²) in [7, 11) is 0. The Kier molecular flexibility index (Phi) is 3.75. The molecule has 15 heavy (non-hydrogen) atoms. The van der Waals surface area contributed by atoms with Crippen LogP contribution in [0.1, 0.15) is 56.2 Å². The van der Waals surface area contributed by atoms with Crippen LogP contribution in [0.25, 0.3) is 0 Å². The highest BCUT2D eigenvalue weighted by Gasteiger charge is 2.17. The van der Waals surface area contributed by atoms with Crippen molar-refractivity contribution in [3.63, 3.8) is 0 Å². The molecule has 1 aromatic rings. The van der Waals surface area contributed by atoms with Gasteiger partial charge in [-0.3, -0.25) is 0 Å². The molecule has 0 radical (unpaired) electrons. The standard InChI is InChI=1S/C13H20O2/c1-8(2)12-10(5)6-7-11(15-14)13(12)9(3)4/h6-9,14H,1-5H3. The molecule has 0 unspecified atom stereocenters. The van der Waals surface area contributed by atoms with Gasteiger partial charge < -0.3 is 4.89 Å². The van der Waals surface area contributed by atoms with Crippen LogP contribution in [-0.4, -0.2) is 5.26 Å². The summed E-state index contributed by atoms with van der Waals surface area (Å²) in [5, 5.41) is 8.86. The van der Waals surface area contributed by atoms with E-state index >= 15 is 0 Å². The third kappa shape index (κ3) is 2.32. The van der Waals surface area contributed by atoms with Gasteiger partial charge in [-0.1, -0.05) is 33.8 Å². The SMILES string of the molecule is Cc1ccc(OO)c(C(C)C)c1C(C)C. The first-order chi connectivity index (χ1) is 6.99.